The Morgan fingerprint density at radius 1 is 1.29 bits per heavy atom. The molecule has 0 spiro atoms. The minimum absolute atomic E-state index is 0.393. The van der Waals surface area contributed by atoms with E-state index in [0.717, 1.165) is 19.4 Å². The van der Waals surface area contributed by atoms with E-state index < -0.39 is 0 Å². The van der Waals surface area contributed by atoms with Crippen LogP contribution < -0.4 is 4.90 Å². The number of hydrogen-bond donors (Lipinski definition) is 0. The maximum Gasteiger partial charge on any atom is 0.0491 e. The average molecular weight is 377 g/mol. The Morgan fingerprint density at radius 3 is 2.64 bits per heavy atom. The topological polar surface area (TPSA) is 15.6 Å². The quantitative estimate of drug-likeness (QED) is 0.386. The zero-order valence-corrected chi connectivity index (χ0v) is 18.5. The van der Waals surface area contributed by atoms with Crippen LogP contribution in [0.2, 0.25) is 0 Å². The smallest absolute Gasteiger partial charge is 0.0491 e. The number of fused-ring (bicyclic) bond motifs is 2. The number of benzene rings is 1. The van der Waals surface area contributed by atoms with Gasteiger partial charge < -0.3 is 4.90 Å². The van der Waals surface area contributed by atoms with E-state index in [4.69, 9.17) is 0 Å². The molecule has 0 fully saturated rings. The molecule has 1 aliphatic heterocycles. The summed E-state index contributed by atoms with van der Waals surface area (Å²) in [5, 5.41) is 0. The summed E-state index contributed by atoms with van der Waals surface area (Å²) in [4.78, 5) is 6.55. The lowest BCUT2D eigenvalue weighted by atomic mass is 9.76. The van der Waals surface area contributed by atoms with Gasteiger partial charge in [-0.05, 0) is 68.0 Å². The van der Waals surface area contributed by atoms with Gasteiger partial charge in [0, 0.05) is 29.7 Å². The second-order valence-corrected chi connectivity index (χ2v) is 7.52. The Labute approximate surface area is 172 Å². The molecule has 1 aromatic rings. The molecule has 2 heteroatoms. The number of allylic oxidation sites excluding steroid dienone is 6. The van der Waals surface area contributed by atoms with Crippen molar-refractivity contribution in [3.8, 4) is 0 Å². The van der Waals surface area contributed by atoms with Crippen molar-refractivity contribution in [3.63, 3.8) is 0 Å². The third-order valence-corrected chi connectivity index (χ3v) is 5.49. The van der Waals surface area contributed by atoms with Crippen LogP contribution in [0, 0.1) is 11.8 Å². The van der Waals surface area contributed by atoms with Crippen molar-refractivity contribution >= 4 is 18.0 Å². The van der Waals surface area contributed by atoms with Crippen molar-refractivity contribution < 1.29 is 0 Å². The minimum Gasteiger partial charge on any atom is -0.339 e. The van der Waals surface area contributed by atoms with Gasteiger partial charge in [-0.15, -0.1) is 0 Å². The third-order valence-electron chi connectivity index (χ3n) is 5.49. The van der Waals surface area contributed by atoms with Crippen molar-refractivity contribution in [2.45, 2.75) is 54.4 Å². The molecule has 1 aromatic carbocycles. The highest BCUT2D eigenvalue weighted by atomic mass is 15.2. The van der Waals surface area contributed by atoms with Crippen LogP contribution in [0.4, 0.5) is 5.69 Å². The Hall–Kier alpha value is -2.35. The molecule has 0 saturated heterocycles. The summed E-state index contributed by atoms with van der Waals surface area (Å²) in [7, 11) is 0. The number of anilines is 1. The summed E-state index contributed by atoms with van der Waals surface area (Å²) in [5.74, 6) is 0.968. The van der Waals surface area contributed by atoms with E-state index in [2.05, 4.69) is 86.8 Å². The molecule has 0 N–H and O–H groups in total. The first-order valence-corrected chi connectivity index (χ1v) is 10.6. The summed E-state index contributed by atoms with van der Waals surface area (Å²) >= 11 is 0. The van der Waals surface area contributed by atoms with Crippen molar-refractivity contribution in [3.05, 3.63) is 71.1 Å². The second kappa shape index (κ2) is 10.3. The van der Waals surface area contributed by atoms with Gasteiger partial charge in [-0.25, -0.2) is 0 Å². The van der Waals surface area contributed by atoms with Gasteiger partial charge in [0.05, 0.1) is 0 Å². The van der Waals surface area contributed by atoms with Gasteiger partial charge in [0.25, 0.3) is 0 Å². The summed E-state index contributed by atoms with van der Waals surface area (Å²) in [6.07, 6.45) is 11.1. The van der Waals surface area contributed by atoms with Crippen molar-refractivity contribution in [2.75, 3.05) is 11.4 Å². The van der Waals surface area contributed by atoms with E-state index in [1.54, 1.807) is 5.57 Å². The van der Waals surface area contributed by atoms with Crippen molar-refractivity contribution in [2.24, 2.45) is 16.8 Å². The Balaban J connectivity index is 0.00000136. The molecule has 28 heavy (non-hydrogen) atoms. The van der Waals surface area contributed by atoms with Gasteiger partial charge in [-0.1, -0.05) is 64.1 Å². The molecule has 1 aliphatic carbocycles. The minimum atomic E-state index is 0.393. The molecule has 0 amide bonds. The molecule has 0 saturated carbocycles. The van der Waals surface area contributed by atoms with Gasteiger partial charge in [0.2, 0.25) is 0 Å². The van der Waals surface area contributed by atoms with E-state index >= 15 is 0 Å². The molecule has 150 valence electrons. The van der Waals surface area contributed by atoms with Gasteiger partial charge in [-0.3, -0.25) is 4.99 Å². The highest BCUT2D eigenvalue weighted by Crippen LogP contribution is 2.46. The number of aliphatic imine (C=N–C) groups is 1. The van der Waals surface area contributed by atoms with Crippen LogP contribution in [0.3, 0.4) is 0 Å². The molecule has 3 rings (SSSR count). The third kappa shape index (κ3) is 4.38. The zero-order valence-electron chi connectivity index (χ0n) is 18.5. The van der Waals surface area contributed by atoms with E-state index in [1.807, 2.05) is 20.0 Å². The first kappa shape index (κ1) is 21.9. The van der Waals surface area contributed by atoms with Crippen molar-refractivity contribution in [1.82, 2.24) is 0 Å². The van der Waals surface area contributed by atoms with Gasteiger partial charge in [0.1, 0.15) is 0 Å². The maximum absolute atomic E-state index is 4.10. The molecule has 1 atom stereocenters. The fraction of sp³-hybridized carbons (Fsp3) is 0.423. The lowest BCUT2D eigenvalue weighted by Gasteiger charge is -2.41. The molecule has 2 nitrogen and oxygen atoms in total. The van der Waals surface area contributed by atoms with Crippen LogP contribution in [-0.2, 0) is 0 Å². The largest absolute Gasteiger partial charge is 0.339 e. The number of rotatable bonds is 5. The Morgan fingerprint density at radius 2 is 2.00 bits per heavy atom. The van der Waals surface area contributed by atoms with Crippen LogP contribution in [0.1, 0.15) is 59.9 Å². The highest BCUT2D eigenvalue weighted by Gasteiger charge is 2.32. The summed E-state index contributed by atoms with van der Waals surface area (Å²) < 4.78 is 0. The lowest BCUT2D eigenvalue weighted by molar-refractivity contribution is 0.597. The first-order chi connectivity index (χ1) is 13.6. The number of hydrogen-bond acceptors (Lipinski definition) is 2. The molecule has 1 heterocycles. The van der Waals surface area contributed by atoms with E-state index in [-0.39, 0.29) is 0 Å². The van der Waals surface area contributed by atoms with Crippen LogP contribution in [0.25, 0.3) is 5.57 Å². The molecule has 2 aliphatic rings. The fourth-order valence-electron chi connectivity index (χ4n) is 4.18. The fourth-order valence-corrected chi connectivity index (χ4v) is 4.18. The Bertz CT molecular complexity index is 803. The zero-order chi connectivity index (χ0) is 20.7. The predicted molar refractivity (Wildman–Crippen MR) is 126 cm³/mol. The van der Waals surface area contributed by atoms with E-state index in [1.165, 1.54) is 28.1 Å². The predicted octanol–water partition coefficient (Wildman–Crippen LogP) is 7.42. The highest BCUT2D eigenvalue weighted by molar-refractivity contribution is 5.92. The van der Waals surface area contributed by atoms with E-state index in [0.29, 0.717) is 11.8 Å². The van der Waals surface area contributed by atoms with Gasteiger partial charge >= 0.3 is 0 Å². The van der Waals surface area contributed by atoms with Gasteiger partial charge in [0.15, 0.2) is 0 Å². The normalized spacial score (nSPS) is 19.1. The SMILES string of the molecule is C=N/C=C(/C(C)C)N1CC2=C(C(C)=CCC2CC=CC)c2ccccc21.CC. The molecule has 0 radical (unpaired) electrons. The lowest BCUT2D eigenvalue weighted by Crippen LogP contribution is -2.34. The van der Waals surface area contributed by atoms with Gasteiger partial charge in [-0.2, -0.15) is 0 Å². The van der Waals surface area contributed by atoms with E-state index in [9.17, 15) is 0 Å². The second-order valence-electron chi connectivity index (χ2n) is 7.52. The number of nitrogens with zero attached hydrogens (tertiary/aromatic N) is 2. The summed E-state index contributed by atoms with van der Waals surface area (Å²) in [6.45, 7) is 17.5. The summed E-state index contributed by atoms with van der Waals surface area (Å²) in [6, 6.07) is 8.79. The maximum atomic E-state index is 4.10. The molecule has 1 unspecified atom stereocenters. The van der Waals surface area contributed by atoms with Crippen LogP contribution in [0.5, 0.6) is 0 Å². The molecular weight excluding hydrogens is 340 g/mol. The first-order valence-electron chi connectivity index (χ1n) is 10.6. The average Bonchev–Trinajstić information content (AvgIpc) is 2.72. The molecule has 0 bridgehead atoms. The van der Waals surface area contributed by atoms with Crippen LogP contribution >= 0.6 is 0 Å². The molecular formula is C26H36N2. The van der Waals surface area contributed by atoms with Crippen LogP contribution in [0.15, 0.2) is 70.5 Å². The van der Waals surface area contributed by atoms with Crippen LogP contribution in [-0.4, -0.2) is 13.3 Å². The van der Waals surface area contributed by atoms with Crippen molar-refractivity contribution in [1.29, 1.82) is 0 Å². The summed E-state index contributed by atoms with van der Waals surface area (Å²) in [5.41, 5.74) is 8.32. The monoisotopic (exact) mass is 376 g/mol. The standard InChI is InChI=1S/C24H30N2.C2H6/c1-6-7-10-19-14-13-18(4)24-20-11-8-9-12-22(20)26(16-21(19)24)23(15-25-5)17(2)3;1-2/h6-9,11-13,15,17,19H,5,10,14,16H2,1-4H3;1-2H3/b7-6?,23-15-;. The number of para-hydroxylation sites is 1. The molecule has 0 aromatic heterocycles. The Kier molecular flexibility index (Phi) is 8.04.